The van der Waals surface area contributed by atoms with E-state index in [9.17, 15) is 9.59 Å². The molecule has 1 aliphatic rings. The molecule has 2 amide bonds. The number of amides is 2. The Balaban J connectivity index is 1.58. The van der Waals surface area contributed by atoms with Gasteiger partial charge in [-0.2, -0.15) is 0 Å². The Labute approximate surface area is 165 Å². The molecule has 1 fully saturated rings. The van der Waals surface area contributed by atoms with Crippen molar-refractivity contribution < 1.29 is 14.3 Å². The zero-order chi connectivity index (χ0) is 19.9. The average molecular weight is 381 g/mol. The minimum absolute atomic E-state index is 0.104. The van der Waals surface area contributed by atoms with Crippen molar-refractivity contribution in [2.45, 2.75) is 31.8 Å². The van der Waals surface area contributed by atoms with Crippen LogP contribution >= 0.6 is 0 Å². The molecule has 3 rings (SSSR count). The van der Waals surface area contributed by atoms with Crippen molar-refractivity contribution in [3.05, 3.63) is 54.1 Å². The number of ether oxygens (including phenoxy) is 1. The second-order valence-electron chi connectivity index (χ2n) is 7.20. The van der Waals surface area contributed by atoms with E-state index >= 15 is 0 Å². The summed E-state index contributed by atoms with van der Waals surface area (Å²) in [4.78, 5) is 25.9. The number of anilines is 2. The normalized spacial score (nSPS) is 13.8. The van der Waals surface area contributed by atoms with Crippen molar-refractivity contribution in [2.24, 2.45) is 0 Å². The smallest absolute Gasteiger partial charge is 0.253 e. The maximum absolute atomic E-state index is 12.3. The molecular weight excluding hydrogens is 354 g/mol. The molecule has 1 aliphatic carbocycles. The summed E-state index contributed by atoms with van der Waals surface area (Å²) in [6.45, 7) is 0.108. The zero-order valence-corrected chi connectivity index (χ0v) is 16.4. The van der Waals surface area contributed by atoms with Gasteiger partial charge in [0.1, 0.15) is 5.75 Å². The lowest BCUT2D eigenvalue weighted by atomic mass is 10.2. The first-order chi connectivity index (χ1) is 13.5. The molecule has 0 radical (unpaired) electrons. The van der Waals surface area contributed by atoms with Gasteiger partial charge < -0.3 is 20.3 Å². The predicted molar refractivity (Wildman–Crippen MR) is 111 cm³/mol. The number of rotatable bonds is 7. The average Bonchev–Trinajstić information content (AvgIpc) is 3.20. The fraction of sp³-hybridized carbons (Fsp3) is 0.364. The lowest BCUT2D eigenvalue weighted by Gasteiger charge is -2.17. The predicted octanol–water partition coefficient (Wildman–Crippen LogP) is 3.76. The van der Waals surface area contributed by atoms with Crippen LogP contribution in [-0.2, 0) is 4.79 Å². The third kappa shape index (κ3) is 5.25. The molecule has 148 valence electrons. The van der Waals surface area contributed by atoms with Gasteiger partial charge in [0.15, 0.2) is 0 Å². The van der Waals surface area contributed by atoms with Crippen LogP contribution in [0.4, 0.5) is 11.4 Å². The number of nitrogens with one attached hydrogen (secondary N) is 2. The first-order valence-electron chi connectivity index (χ1n) is 9.64. The van der Waals surface area contributed by atoms with Gasteiger partial charge in [0, 0.05) is 25.3 Å². The quantitative estimate of drug-likeness (QED) is 0.766. The number of nitrogens with zero attached hydrogens (tertiary/aromatic N) is 1. The highest BCUT2D eigenvalue weighted by atomic mass is 16.5. The molecule has 28 heavy (non-hydrogen) atoms. The Kier molecular flexibility index (Phi) is 6.53. The molecular formula is C22H27N3O3. The first kappa shape index (κ1) is 19.7. The highest BCUT2D eigenvalue weighted by Crippen LogP contribution is 2.29. The molecule has 2 aromatic carbocycles. The highest BCUT2D eigenvalue weighted by molar-refractivity contribution is 5.98. The standard InChI is InChI=1S/C22H27N3O3/c1-25(2)22(27)16-8-7-9-17(14-16)24-21(26)15-23-19-12-5-6-13-20(19)28-18-10-3-4-11-18/h5-9,12-14,18,23H,3-4,10-11,15H2,1-2H3,(H,24,26). The van der Waals surface area contributed by atoms with Gasteiger partial charge in [-0.15, -0.1) is 0 Å². The van der Waals surface area contributed by atoms with E-state index in [4.69, 9.17) is 4.74 Å². The van der Waals surface area contributed by atoms with E-state index in [0.717, 1.165) is 24.3 Å². The third-order valence-corrected chi connectivity index (χ3v) is 4.72. The molecule has 2 N–H and O–H groups in total. The maximum Gasteiger partial charge on any atom is 0.253 e. The SMILES string of the molecule is CN(C)C(=O)c1cccc(NC(=O)CNc2ccccc2OC2CCCC2)c1. The minimum Gasteiger partial charge on any atom is -0.488 e. The van der Waals surface area contributed by atoms with Gasteiger partial charge in [-0.25, -0.2) is 0 Å². The van der Waals surface area contributed by atoms with Crippen LogP contribution in [0.3, 0.4) is 0 Å². The van der Waals surface area contributed by atoms with Crippen LogP contribution in [0.2, 0.25) is 0 Å². The van der Waals surface area contributed by atoms with Crippen LogP contribution in [0.15, 0.2) is 48.5 Å². The van der Waals surface area contributed by atoms with E-state index in [-0.39, 0.29) is 24.5 Å². The molecule has 0 unspecified atom stereocenters. The Hall–Kier alpha value is -3.02. The number of hydrogen-bond acceptors (Lipinski definition) is 4. The number of benzene rings is 2. The topological polar surface area (TPSA) is 70.7 Å². The van der Waals surface area contributed by atoms with Gasteiger partial charge in [0.2, 0.25) is 5.91 Å². The van der Waals surface area contributed by atoms with Gasteiger partial charge in [0.25, 0.3) is 5.91 Å². The largest absolute Gasteiger partial charge is 0.488 e. The van der Waals surface area contributed by atoms with E-state index in [0.29, 0.717) is 11.3 Å². The maximum atomic E-state index is 12.3. The monoisotopic (exact) mass is 381 g/mol. The van der Waals surface area contributed by atoms with Gasteiger partial charge in [-0.05, 0) is 56.0 Å². The number of carbonyl (C=O) groups is 2. The van der Waals surface area contributed by atoms with Crippen molar-refractivity contribution >= 4 is 23.2 Å². The van der Waals surface area contributed by atoms with Crippen molar-refractivity contribution in [3.63, 3.8) is 0 Å². The summed E-state index contributed by atoms with van der Waals surface area (Å²) in [5.41, 5.74) is 1.93. The summed E-state index contributed by atoms with van der Waals surface area (Å²) in [7, 11) is 3.39. The number of para-hydroxylation sites is 2. The van der Waals surface area contributed by atoms with Gasteiger partial charge >= 0.3 is 0 Å². The lowest BCUT2D eigenvalue weighted by Crippen LogP contribution is -2.24. The van der Waals surface area contributed by atoms with E-state index in [1.165, 1.54) is 17.7 Å². The molecule has 1 saturated carbocycles. The van der Waals surface area contributed by atoms with Crippen LogP contribution < -0.4 is 15.4 Å². The number of hydrogen-bond donors (Lipinski definition) is 2. The molecule has 0 saturated heterocycles. The fourth-order valence-electron chi connectivity index (χ4n) is 3.27. The molecule has 0 aromatic heterocycles. The fourth-order valence-corrected chi connectivity index (χ4v) is 3.27. The molecule has 0 spiro atoms. The summed E-state index contributed by atoms with van der Waals surface area (Å²) in [6.07, 6.45) is 4.83. The molecule has 0 heterocycles. The highest BCUT2D eigenvalue weighted by Gasteiger charge is 2.18. The van der Waals surface area contributed by atoms with Crippen molar-refractivity contribution in [3.8, 4) is 5.75 Å². The lowest BCUT2D eigenvalue weighted by molar-refractivity contribution is -0.114. The Morgan fingerprint density at radius 2 is 1.82 bits per heavy atom. The first-order valence-corrected chi connectivity index (χ1v) is 9.64. The molecule has 0 aliphatic heterocycles. The Morgan fingerprint density at radius 1 is 1.07 bits per heavy atom. The Bertz CT molecular complexity index is 829. The van der Waals surface area contributed by atoms with Gasteiger partial charge in [-0.1, -0.05) is 18.2 Å². The second kappa shape index (κ2) is 9.26. The zero-order valence-electron chi connectivity index (χ0n) is 16.4. The molecule has 0 bridgehead atoms. The summed E-state index contributed by atoms with van der Waals surface area (Å²) in [5, 5.41) is 5.98. The number of carbonyl (C=O) groups excluding carboxylic acids is 2. The van der Waals surface area contributed by atoms with Crippen LogP contribution in [0.25, 0.3) is 0 Å². The summed E-state index contributed by atoms with van der Waals surface area (Å²) in [6, 6.07) is 14.6. The Morgan fingerprint density at radius 3 is 2.57 bits per heavy atom. The van der Waals surface area contributed by atoms with Crippen LogP contribution in [0.5, 0.6) is 5.75 Å². The van der Waals surface area contributed by atoms with E-state index in [1.54, 1.807) is 38.4 Å². The molecule has 2 aromatic rings. The summed E-state index contributed by atoms with van der Waals surface area (Å²) >= 11 is 0. The molecule has 6 heteroatoms. The molecule has 6 nitrogen and oxygen atoms in total. The van der Waals surface area contributed by atoms with E-state index in [1.807, 2.05) is 24.3 Å². The minimum atomic E-state index is -0.190. The van der Waals surface area contributed by atoms with E-state index < -0.39 is 0 Å². The van der Waals surface area contributed by atoms with Crippen LogP contribution in [0, 0.1) is 0 Å². The van der Waals surface area contributed by atoms with Gasteiger partial charge in [-0.3, -0.25) is 9.59 Å². The molecule has 0 atom stereocenters. The summed E-state index contributed by atoms with van der Waals surface area (Å²) < 4.78 is 6.09. The summed E-state index contributed by atoms with van der Waals surface area (Å²) in [5.74, 6) is 0.484. The van der Waals surface area contributed by atoms with Crippen molar-refractivity contribution in [1.29, 1.82) is 0 Å². The van der Waals surface area contributed by atoms with Crippen LogP contribution in [0.1, 0.15) is 36.0 Å². The van der Waals surface area contributed by atoms with Crippen molar-refractivity contribution in [1.82, 2.24) is 4.90 Å². The van der Waals surface area contributed by atoms with Crippen LogP contribution in [-0.4, -0.2) is 43.5 Å². The van der Waals surface area contributed by atoms with Gasteiger partial charge in [0.05, 0.1) is 18.3 Å². The van der Waals surface area contributed by atoms with Crippen molar-refractivity contribution in [2.75, 3.05) is 31.3 Å². The van der Waals surface area contributed by atoms with E-state index in [2.05, 4.69) is 10.6 Å². The third-order valence-electron chi connectivity index (χ3n) is 4.72. The second-order valence-corrected chi connectivity index (χ2v) is 7.20.